The molecule has 0 bridgehead atoms. The minimum Gasteiger partial charge on any atom is -0.496 e. The monoisotopic (exact) mass is 333 g/mol. The number of rotatable bonds is 4. The molecule has 2 aromatic rings. The van der Waals surface area contributed by atoms with Crippen molar-refractivity contribution in [2.45, 2.75) is 26.3 Å². The smallest absolute Gasteiger partial charge is 0.123 e. The normalized spacial score (nSPS) is 12.2. The van der Waals surface area contributed by atoms with Gasteiger partial charge in [-0.15, -0.1) is 0 Å². The van der Waals surface area contributed by atoms with Crippen molar-refractivity contribution in [2.75, 3.05) is 7.11 Å². The molecule has 0 fully saturated rings. The summed E-state index contributed by atoms with van der Waals surface area (Å²) in [6.45, 7) is 4.16. The first-order valence-corrected chi connectivity index (χ1v) is 7.46. The van der Waals surface area contributed by atoms with Crippen molar-refractivity contribution in [2.24, 2.45) is 5.73 Å². The highest BCUT2D eigenvalue weighted by molar-refractivity contribution is 9.10. The van der Waals surface area contributed by atoms with Crippen molar-refractivity contribution >= 4 is 15.9 Å². The summed E-state index contributed by atoms with van der Waals surface area (Å²) in [5.41, 5.74) is 11.1. The van der Waals surface area contributed by atoms with Gasteiger partial charge in [-0.05, 0) is 49.1 Å². The first-order valence-electron chi connectivity index (χ1n) is 6.67. The second kappa shape index (κ2) is 6.42. The molecule has 0 amide bonds. The Morgan fingerprint density at radius 3 is 2.50 bits per heavy atom. The summed E-state index contributed by atoms with van der Waals surface area (Å²) in [7, 11) is 1.69. The largest absolute Gasteiger partial charge is 0.496 e. The van der Waals surface area contributed by atoms with Crippen molar-refractivity contribution in [3.05, 3.63) is 63.1 Å². The van der Waals surface area contributed by atoms with E-state index < -0.39 is 0 Å². The predicted molar refractivity (Wildman–Crippen MR) is 87.2 cm³/mol. The van der Waals surface area contributed by atoms with Crippen LogP contribution in [0.1, 0.15) is 28.3 Å². The minimum atomic E-state index is -0.0806. The van der Waals surface area contributed by atoms with Gasteiger partial charge in [0.2, 0.25) is 0 Å². The maximum absolute atomic E-state index is 6.39. The minimum absolute atomic E-state index is 0.0806. The molecule has 0 aliphatic carbocycles. The lowest BCUT2D eigenvalue weighted by molar-refractivity contribution is 0.405. The maximum atomic E-state index is 6.39. The van der Waals surface area contributed by atoms with Crippen molar-refractivity contribution < 1.29 is 4.74 Å². The van der Waals surface area contributed by atoms with E-state index in [2.05, 4.69) is 47.1 Å². The molecule has 2 aromatic carbocycles. The summed E-state index contributed by atoms with van der Waals surface area (Å²) in [5, 5.41) is 0. The average molecular weight is 334 g/mol. The lowest BCUT2D eigenvalue weighted by Gasteiger charge is -2.18. The predicted octanol–water partition coefficient (Wildman–Crippen LogP) is 4.32. The van der Waals surface area contributed by atoms with E-state index in [-0.39, 0.29) is 6.04 Å². The standard InChI is InChI=1S/C17H20BrNO/c1-11-6-4-5-7-13(11)9-16(19)14-10-15(18)12(2)8-17(14)20-3/h4-8,10,16H,9,19H2,1-3H3. The van der Waals surface area contributed by atoms with Gasteiger partial charge in [0, 0.05) is 16.1 Å². The molecule has 0 saturated carbocycles. The number of hydrogen-bond acceptors (Lipinski definition) is 2. The van der Waals surface area contributed by atoms with Crippen molar-refractivity contribution in [1.29, 1.82) is 0 Å². The number of ether oxygens (including phenoxy) is 1. The average Bonchev–Trinajstić information content (AvgIpc) is 2.43. The molecule has 106 valence electrons. The summed E-state index contributed by atoms with van der Waals surface area (Å²) >= 11 is 3.57. The van der Waals surface area contributed by atoms with Crippen LogP contribution >= 0.6 is 15.9 Å². The second-order valence-electron chi connectivity index (χ2n) is 5.08. The third kappa shape index (κ3) is 3.22. The second-order valence-corrected chi connectivity index (χ2v) is 5.93. The molecule has 0 saturated heterocycles. The van der Waals surface area contributed by atoms with Crippen LogP contribution in [0, 0.1) is 13.8 Å². The van der Waals surface area contributed by atoms with Crippen LogP contribution in [0.4, 0.5) is 0 Å². The Morgan fingerprint density at radius 1 is 1.15 bits per heavy atom. The van der Waals surface area contributed by atoms with Gasteiger partial charge in [0.15, 0.2) is 0 Å². The molecular formula is C17H20BrNO. The Kier molecular flexibility index (Phi) is 4.84. The van der Waals surface area contributed by atoms with Gasteiger partial charge in [-0.1, -0.05) is 40.2 Å². The van der Waals surface area contributed by atoms with Crippen LogP contribution < -0.4 is 10.5 Å². The molecule has 1 unspecified atom stereocenters. The van der Waals surface area contributed by atoms with Crippen molar-refractivity contribution in [1.82, 2.24) is 0 Å². The molecule has 0 aromatic heterocycles. The zero-order valence-corrected chi connectivity index (χ0v) is 13.7. The zero-order chi connectivity index (χ0) is 14.7. The molecule has 2 N–H and O–H groups in total. The van der Waals surface area contributed by atoms with Crippen LogP contribution in [-0.2, 0) is 6.42 Å². The van der Waals surface area contributed by atoms with Gasteiger partial charge < -0.3 is 10.5 Å². The third-order valence-electron chi connectivity index (χ3n) is 3.61. The Balaban J connectivity index is 2.32. The van der Waals surface area contributed by atoms with Gasteiger partial charge in [-0.2, -0.15) is 0 Å². The highest BCUT2D eigenvalue weighted by Gasteiger charge is 2.15. The molecule has 0 aliphatic rings. The van der Waals surface area contributed by atoms with E-state index in [1.165, 1.54) is 11.1 Å². The zero-order valence-electron chi connectivity index (χ0n) is 12.1. The van der Waals surface area contributed by atoms with E-state index in [9.17, 15) is 0 Å². The maximum Gasteiger partial charge on any atom is 0.123 e. The summed E-state index contributed by atoms with van der Waals surface area (Å²) in [5.74, 6) is 0.854. The molecule has 0 radical (unpaired) electrons. The third-order valence-corrected chi connectivity index (χ3v) is 4.47. The van der Waals surface area contributed by atoms with Crippen LogP contribution in [0.5, 0.6) is 5.75 Å². The summed E-state index contributed by atoms with van der Waals surface area (Å²) in [6, 6.07) is 12.4. The highest BCUT2D eigenvalue weighted by Crippen LogP contribution is 2.32. The molecule has 2 nitrogen and oxygen atoms in total. The van der Waals surface area contributed by atoms with Gasteiger partial charge in [-0.3, -0.25) is 0 Å². The van der Waals surface area contributed by atoms with Gasteiger partial charge >= 0.3 is 0 Å². The molecule has 2 rings (SSSR count). The SMILES string of the molecule is COc1cc(C)c(Br)cc1C(N)Cc1ccccc1C. The number of hydrogen-bond donors (Lipinski definition) is 1. The van der Waals surface area contributed by atoms with E-state index in [0.29, 0.717) is 0 Å². The Labute approximate surface area is 129 Å². The quantitative estimate of drug-likeness (QED) is 0.904. The fourth-order valence-corrected chi connectivity index (χ4v) is 2.68. The first kappa shape index (κ1) is 15.1. The van der Waals surface area contributed by atoms with Crippen LogP contribution in [0.25, 0.3) is 0 Å². The van der Waals surface area contributed by atoms with Crippen molar-refractivity contribution in [3.63, 3.8) is 0 Å². The fourth-order valence-electron chi connectivity index (χ4n) is 2.32. The lowest BCUT2D eigenvalue weighted by atomic mass is 9.95. The topological polar surface area (TPSA) is 35.2 Å². The van der Waals surface area contributed by atoms with Gasteiger partial charge in [0.1, 0.15) is 5.75 Å². The number of aryl methyl sites for hydroxylation is 2. The van der Waals surface area contributed by atoms with Crippen molar-refractivity contribution in [3.8, 4) is 5.75 Å². The van der Waals surface area contributed by atoms with Gasteiger partial charge in [-0.25, -0.2) is 0 Å². The molecular weight excluding hydrogens is 314 g/mol. The molecule has 0 aliphatic heterocycles. The van der Waals surface area contributed by atoms with E-state index in [1.807, 2.05) is 19.1 Å². The summed E-state index contributed by atoms with van der Waals surface area (Å²) in [4.78, 5) is 0. The summed E-state index contributed by atoms with van der Waals surface area (Å²) < 4.78 is 6.53. The molecule has 0 spiro atoms. The van der Waals surface area contributed by atoms with Crippen LogP contribution in [-0.4, -0.2) is 7.11 Å². The highest BCUT2D eigenvalue weighted by atomic mass is 79.9. The Bertz CT molecular complexity index is 610. The van der Waals surface area contributed by atoms with E-state index >= 15 is 0 Å². The van der Waals surface area contributed by atoms with Crippen LogP contribution in [0.2, 0.25) is 0 Å². The lowest BCUT2D eigenvalue weighted by Crippen LogP contribution is -2.15. The number of methoxy groups -OCH3 is 1. The van der Waals surface area contributed by atoms with Gasteiger partial charge in [0.05, 0.1) is 7.11 Å². The number of halogens is 1. The molecule has 0 heterocycles. The van der Waals surface area contributed by atoms with E-state index in [4.69, 9.17) is 10.5 Å². The Hall–Kier alpha value is -1.32. The fraction of sp³-hybridized carbons (Fsp3) is 0.294. The van der Waals surface area contributed by atoms with Crippen LogP contribution in [0.3, 0.4) is 0 Å². The van der Waals surface area contributed by atoms with E-state index in [1.54, 1.807) is 7.11 Å². The van der Waals surface area contributed by atoms with E-state index in [0.717, 1.165) is 27.8 Å². The number of nitrogens with two attached hydrogens (primary N) is 1. The van der Waals surface area contributed by atoms with Crippen LogP contribution in [0.15, 0.2) is 40.9 Å². The molecule has 1 atom stereocenters. The Morgan fingerprint density at radius 2 is 1.85 bits per heavy atom. The number of benzene rings is 2. The molecule has 3 heteroatoms. The first-order chi connectivity index (χ1) is 9.52. The molecule has 20 heavy (non-hydrogen) atoms. The summed E-state index contributed by atoms with van der Waals surface area (Å²) in [6.07, 6.45) is 0.804. The van der Waals surface area contributed by atoms with Gasteiger partial charge in [0.25, 0.3) is 0 Å².